The number of nitrogens with one attached hydrogen (secondary N) is 1. The molecule has 1 aromatic heterocycles. The van der Waals surface area contributed by atoms with Gasteiger partial charge in [-0.2, -0.15) is 0 Å². The van der Waals surface area contributed by atoms with Gasteiger partial charge in [0.25, 0.3) is 5.91 Å². The minimum atomic E-state index is -0.248. The summed E-state index contributed by atoms with van der Waals surface area (Å²) in [6.07, 6.45) is 6.56. The molecule has 1 heterocycles. The number of phenolic OH excluding ortho intramolecular Hbond substituents is 1. The van der Waals surface area contributed by atoms with Crippen LogP contribution in [0.1, 0.15) is 45.2 Å². The molecule has 1 aliphatic carbocycles. The van der Waals surface area contributed by atoms with Crippen molar-refractivity contribution in [3.8, 4) is 5.75 Å². The normalized spacial score (nSPS) is 13.6. The third kappa shape index (κ3) is 4.12. The molecule has 0 unspecified atom stereocenters. The van der Waals surface area contributed by atoms with Crippen LogP contribution in [0.25, 0.3) is 0 Å². The van der Waals surface area contributed by atoms with E-state index in [-0.39, 0.29) is 11.7 Å². The van der Waals surface area contributed by atoms with E-state index in [0.29, 0.717) is 12.1 Å². The summed E-state index contributed by atoms with van der Waals surface area (Å²) in [5.41, 5.74) is 1.59. The van der Waals surface area contributed by atoms with E-state index >= 15 is 0 Å². The van der Waals surface area contributed by atoms with Crippen molar-refractivity contribution in [2.24, 2.45) is 0 Å². The second-order valence-electron chi connectivity index (χ2n) is 5.71. The van der Waals surface area contributed by atoms with Crippen molar-refractivity contribution < 1.29 is 9.90 Å². The Morgan fingerprint density at radius 1 is 1.35 bits per heavy atom. The zero-order chi connectivity index (χ0) is 16.2. The molecule has 0 fully saturated rings. The number of aryl methyl sites for hydroxylation is 3. The fourth-order valence-electron chi connectivity index (χ4n) is 2.74. The number of benzene rings is 1. The first-order chi connectivity index (χ1) is 11.1. The second kappa shape index (κ2) is 7.45. The third-order valence-electron chi connectivity index (χ3n) is 3.95. The molecule has 6 heteroatoms. The zero-order valence-corrected chi connectivity index (χ0v) is 15.2. The summed E-state index contributed by atoms with van der Waals surface area (Å²) in [6.45, 7) is 0.578. The number of aromatic nitrogens is 1. The van der Waals surface area contributed by atoms with Crippen molar-refractivity contribution in [3.63, 3.8) is 0 Å². The molecule has 0 saturated heterocycles. The van der Waals surface area contributed by atoms with Gasteiger partial charge in [0, 0.05) is 22.3 Å². The fourth-order valence-corrected chi connectivity index (χ4v) is 4.30. The van der Waals surface area contributed by atoms with Gasteiger partial charge in [0.15, 0.2) is 0 Å². The largest absolute Gasteiger partial charge is 0.507 e. The molecule has 0 aliphatic heterocycles. The lowest BCUT2D eigenvalue weighted by molar-refractivity contribution is 0.0950. The molecule has 0 bridgehead atoms. The Bertz CT molecular complexity index is 691. The lowest BCUT2D eigenvalue weighted by Crippen LogP contribution is -2.24. The Hall–Kier alpha value is -1.40. The highest BCUT2D eigenvalue weighted by Crippen LogP contribution is 2.27. The summed E-state index contributed by atoms with van der Waals surface area (Å²) >= 11 is 5.13. The number of phenols is 1. The molecular formula is C17H19BrN2O2S. The van der Waals surface area contributed by atoms with Gasteiger partial charge >= 0.3 is 0 Å². The lowest BCUT2D eigenvalue weighted by atomic mass is 10.0. The average molecular weight is 395 g/mol. The monoisotopic (exact) mass is 394 g/mol. The van der Waals surface area contributed by atoms with E-state index in [1.165, 1.54) is 40.9 Å². The number of carbonyl (C=O) groups is 1. The van der Waals surface area contributed by atoms with Crippen LogP contribution in [-0.4, -0.2) is 22.5 Å². The quantitative estimate of drug-likeness (QED) is 0.756. The molecule has 2 N–H and O–H groups in total. The van der Waals surface area contributed by atoms with E-state index in [9.17, 15) is 9.90 Å². The predicted octanol–water partition coefficient (Wildman–Crippen LogP) is 3.85. The maximum Gasteiger partial charge on any atom is 0.255 e. The van der Waals surface area contributed by atoms with Crippen LogP contribution in [0.2, 0.25) is 0 Å². The summed E-state index contributed by atoms with van der Waals surface area (Å²) < 4.78 is 0.772. The van der Waals surface area contributed by atoms with Gasteiger partial charge in [-0.3, -0.25) is 4.79 Å². The average Bonchev–Trinajstić information content (AvgIpc) is 2.96. The zero-order valence-electron chi connectivity index (χ0n) is 12.8. The van der Waals surface area contributed by atoms with E-state index in [2.05, 4.69) is 21.2 Å². The molecule has 0 radical (unpaired) electrons. The minimum Gasteiger partial charge on any atom is -0.507 e. The maximum absolute atomic E-state index is 12.1. The molecule has 2 aromatic rings. The summed E-state index contributed by atoms with van der Waals surface area (Å²) in [7, 11) is 0. The number of nitrogens with zero attached hydrogens (tertiary/aromatic N) is 1. The van der Waals surface area contributed by atoms with Gasteiger partial charge in [0.05, 0.1) is 16.3 Å². The number of hydrogen-bond donors (Lipinski definition) is 2. The van der Waals surface area contributed by atoms with Gasteiger partial charge in [-0.05, 0) is 50.3 Å². The summed E-state index contributed by atoms with van der Waals surface area (Å²) in [4.78, 5) is 18.2. The van der Waals surface area contributed by atoms with Crippen LogP contribution in [0, 0.1) is 0 Å². The van der Waals surface area contributed by atoms with Crippen molar-refractivity contribution >= 4 is 33.2 Å². The van der Waals surface area contributed by atoms with Crippen LogP contribution in [0.4, 0.5) is 0 Å². The van der Waals surface area contributed by atoms with Crippen molar-refractivity contribution in [1.29, 1.82) is 0 Å². The number of carbonyl (C=O) groups excluding carboxylic acids is 1. The lowest BCUT2D eigenvalue weighted by Gasteiger charge is -2.07. The standard InChI is InChI=1S/C17H19BrN2O2S/c18-11-7-8-14(21)12(10-11)17(22)19-9-3-6-16-20-13-4-1-2-5-15(13)23-16/h7-8,10,21H,1-6,9H2,(H,19,22). The second-order valence-corrected chi connectivity index (χ2v) is 7.79. The van der Waals surface area contributed by atoms with E-state index in [1.807, 2.05) is 11.3 Å². The van der Waals surface area contributed by atoms with E-state index in [4.69, 9.17) is 4.98 Å². The Balaban J connectivity index is 1.48. The fraction of sp³-hybridized carbons (Fsp3) is 0.412. The van der Waals surface area contributed by atoms with E-state index in [0.717, 1.165) is 23.7 Å². The SMILES string of the molecule is O=C(NCCCc1nc2c(s1)CCCC2)c1cc(Br)ccc1O. The third-order valence-corrected chi connectivity index (χ3v) is 5.66. The number of fused-ring (bicyclic) bond motifs is 1. The number of halogens is 1. The van der Waals surface area contributed by atoms with Crippen molar-refractivity contribution in [2.75, 3.05) is 6.54 Å². The summed E-state index contributed by atoms with van der Waals surface area (Å²) in [6, 6.07) is 4.84. The molecule has 1 aliphatic rings. The topological polar surface area (TPSA) is 62.2 Å². The number of aromatic hydroxyl groups is 1. The van der Waals surface area contributed by atoms with Crippen LogP contribution < -0.4 is 5.32 Å². The molecule has 3 rings (SSSR count). The van der Waals surface area contributed by atoms with Gasteiger partial charge in [-0.15, -0.1) is 11.3 Å². The maximum atomic E-state index is 12.1. The highest BCUT2D eigenvalue weighted by molar-refractivity contribution is 9.10. The highest BCUT2D eigenvalue weighted by Gasteiger charge is 2.15. The summed E-state index contributed by atoms with van der Waals surface area (Å²) in [5.74, 6) is -0.250. The first kappa shape index (κ1) is 16.5. The Labute approximate surface area is 148 Å². The Kier molecular flexibility index (Phi) is 5.33. The molecule has 23 heavy (non-hydrogen) atoms. The van der Waals surface area contributed by atoms with Gasteiger partial charge in [-0.25, -0.2) is 4.98 Å². The highest BCUT2D eigenvalue weighted by atomic mass is 79.9. The molecular weight excluding hydrogens is 376 g/mol. The molecule has 4 nitrogen and oxygen atoms in total. The molecule has 1 aromatic carbocycles. The number of hydrogen-bond acceptors (Lipinski definition) is 4. The van der Waals surface area contributed by atoms with Gasteiger partial charge in [-0.1, -0.05) is 15.9 Å². The minimum absolute atomic E-state index is 0.00158. The van der Waals surface area contributed by atoms with Crippen LogP contribution in [0.5, 0.6) is 5.75 Å². The van der Waals surface area contributed by atoms with Crippen LogP contribution in [0.15, 0.2) is 22.7 Å². The number of thiazole rings is 1. The molecule has 0 spiro atoms. The molecule has 0 atom stereocenters. The molecule has 0 saturated carbocycles. The van der Waals surface area contributed by atoms with Crippen LogP contribution in [-0.2, 0) is 19.3 Å². The van der Waals surface area contributed by atoms with E-state index in [1.54, 1.807) is 12.1 Å². The van der Waals surface area contributed by atoms with Crippen LogP contribution >= 0.6 is 27.3 Å². The Morgan fingerprint density at radius 3 is 3.00 bits per heavy atom. The smallest absolute Gasteiger partial charge is 0.255 e. The van der Waals surface area contributed by atoms with Gasteiger partial charge in [0.1, 0.15) is 5.75 Å². The van der Waals surface area contributed by atoms with Gasteiger partial charge in [0.2, 0.25) is 0 Å². The van der Waals surface area contributed by atoms with Crippen molar-refractivity contribution in [1.82, 2.24) is 10.3 Å². The van der Waals surface area contributed by atoms with Gasteiger partial charge < -0.3 is 10.4 Å². The number of rotatable bonds is 5. The molecule has 122 valence electrons. The first-order valence-corrected chi connectivity index (χ1v) is 9.48. The summed E-state index contributed by atoms with van der Waals surface area (Å²) in [5, 5.41) is 13.8. The van der Waals surface area contributed by atoms with Crippen molar-refractivity contribution in [2.45, 2.75) is 38.5 Å². The molecule has 1 amide bonds. The van der Waals surface area contributed by atoms with E-state index < -0.39 is 0 Å². The predicted molar refractivity (Wildman–Crippen MR) is 95.2 cm³/mol. The number of amides is 1. The first-order valence-electron chi connectivity index (χ1n) is 7.87. The van der Waals surface area contributed by atoms with Crippen molar-refractivity contribution in [3.05, 3.63) is 43.8 Å². The Morgan fingerprint density at radius 2 is 2.17 bits per heavy atom. The van der Waals surface area contributed by atoms with Crippen LogP contribution in [0.3, 0.4) is 0 Å².